The monoisotopic (exact) mass is 447 g/mol. The predicted octanol–water partition coefficient (Wildman–Crippen LogP) is 3.54. The highest BCUT2D eigenvalue weighted by Crippen LogP contribution is 2.32. The third kappa shape index (κ3) is 3.83. The fraction of sp³-hybridized carbons (Fsp3) is 0.208. The standard InChI is InChI=1S/C24H25N5O2S/c25-22-15-26-24-21(12-14-29(24)32(30,31)20-9-5-2-6-10-20)23(22)27-19-11-13-28(17-19)16-18-7-3-1-4-8-18/h1-10,12,14-15,19H,11,13,16-17,25H2,(H,26,27). The molecule has 3 heterocycles. The van der Waals surface area contributed by atoms with Crippen LogP contribution in [-0.4, -0.2) is 41.4 Å². The zero-order valence-electron chi connectivity index (χ0n) is 17.6. The average molecular weight is 448 g/mol. The Kier molecular flexibility index (Phi) is 5.32. The van der Waals surface area contributed by atoms with Gasteiger partial charge in [-0.1, -0.05) is 48.5 Å². The smallest absolute Gasteiger partial charge is 0.269 e. The molecule has 5 rings (SSSR count). The number of likely N-dealkylation sites (tertiary alicyclic amines) is 1. The molecule has 7 nitrogen and oxygen atoms in total. The largest absolute Gasteiger partial charge is 0.396 e. The number of fused-ring (bicyclic) bond motifs is 1. The number of nitrogens with zero attached hydrogens (tertiary/aromatic N) is 3. The Balaban J connectivity index is 1.40. The first-order valence-corrected chi connectivity index (χ1v) is 12.1. The summed E-state index contributed by atoms with van der Waals surface area (Å²) in [5, 5.41) is 4.26. The minimum atomic E-state index is -3.75. The van der Waals surface area contributed by atoms with Crippen LogP contribution in [0.2, 0.25) is 0 Å². The Hall–Kier alpha value is -3.36. The second-order valence-corrected chi connectivity index (χ2v) is 9.92. The van der Waals surface area contributed by atoms with Gasteiger partial charge >= 0.3 is 0 Å². The number of nitrogen functional groups attached to an aromatic ring is 1. The number of benzene rings is 2. The van der Waals surface area contributed by atoms with E-state index in [9.17, 15) is 8.42 Å². The lowest BCUT2D eigenvalue weighted by molar-refractivity contribution is 0.328. The number of aromatic nitrogens is 2. The zero-order valence-corrected chi connectivity index (χ0v) is 18.4. The van der Waals surface area contributed by atoms with Crippen LogP contribution in [-0.2, 0) is 16.6 Å². The molecule has 0 saturated carbocycles. The molecule has 2 aromatic heterocycles. The second kappa shape index (κ2) is 8.29. The number of nitrogens with two attached hydrogens (primary N) is 1. The van der Waals surface area contributed by atoms with Gasteiger partial charge in [0.25, 0.3) is 10.0 Å². The van der Waals surface area contributed by atoms with Gasteiger partial charge in [0.2, 0.25) is 0 Å². The van der Waals surface area contributed by atoms with Gasteiger partial charge in [0.1, 0.15) is 0 Å². The van der Waals surface area contributed by atoms with E-state index in [1.54, 1.807) is 42.6 Å². The predicted molar refractivity (Wildman–Crippen MR) is 127 cm³/mol. The molecule has 0 radical (unpaired) electrons. The van der Waals surface area contributed by atoms with E-state index >= 15 is 0 Å². The Morgan fingerprint density at radius 3 is 2.50 bits per heavy atom. The summed E-state index contributed by atoms with van der Waals surface area (Å²) in [6.45, 7) is 2.79. The van der Waals surface area contributed by atoms with Gasteiger partial charge in [-0.3, -0.25) is 4.90 Å². The lowest BCUT2D eigenvalue weighted by Crippen LogP contribution is -2.26. The first-order valence-electron chi connectivity index (χ1n) is 10.6. The highest BCUT2D eigenvalue weighted by atomic mass is 32.2. The molecule has 0 aliphatic carbocycles. The van der Waals surface area contributed by atoms with Crippen molar-refractivity contribution in [3.05, 3.63) is 84.7 Å². The number of hydrogen-bond acceptors (Lipinski definition) is 6. The molecule has 0 bridgehead atoms. The maximum atomic E-state index is 13.1. The van der Waals surface area contributed by atoms with Gasteiger partial charge in [0.15, 0.2) is 5.65 Å². The van der Waals surface area contributed by atoms with Gasteiger partial charge in [0.05, 0.1) is 22.5 Å². The van der Waals surface area contributed by atoms with Gasteiger partial charge in [0, 0.05) is 37.3 Å². The molecule has 32 heavy (non-hydrogen) atoms. The summed E-state index contributed by atoms with van der Waals surface area (Å²) in [6.07, 6.45) is 4.05. The average Bonchev–Trinajstić information content (AvgIpc) is 3.44. The van der Waals surface area contributed by atoms with Crippen molar-refractivity contribution in [2.24, 2.45) is 0 Å². The molecule has 164 valence electrons. The quantitative estimate of drug-likeness (QED) is 0.470. The van der Waals surface area contributed by atoms with Crippen molar-refractivity contribution in [1.82, 2.24) is 13.9 Å². The molecule has 0 amide bonds. The lowest BCUT2D eigenvalue weighted by atomic mass is 10.2. The van der Waals surface area contributed by atoms with Gasteiger partial charge in [-0.2, -0.15) is 0 Å². The Bertz CT molecular complexity index is 1340. The zero-order chi connectivity index (χ0) is 22.1. The second-order valence-electron chi connectivity index (χ2n) is 8.11. The lowest BCUT2D eigenvalue weighted by Gasteiger charge is -2.19. The van der Waals surface area contributed by atoms with Crippen molar-refractivity contribution in [2.75, 3.05) is 24.1 Å². The van der Waals surface area contributed by atoms with E-state index in [1.165, 1.54) is 15.7 Å². The van der Waals surface area contributed by atoms with Crippen LogP contribution in [0.15, 0.2) is 84.0 Å². The molecule has 1 fully saturated rings. The van der Waals surface area contributed by atoms with Crippen molar-refractivity contribution >= 4 is 32.4 Å². The molecule has 8 heteroatoms. The van der Waals surface area contributed by atoms with Crippen LogP contribution >= 0.6 is 0 Å². The van der Waals surface area contributed by atoms with Crippen molar-refractivity contribution < 1.29 is 8.42 Å². The van der Waals surface area contributed by atoms with Crippen molar-refractivity contribution in [3.63, 3.8) is 0 Å². The van der Waals surface area contributed by atoms with Gasteiger partial charge in [-0.15, -0.1) is 0 Å². The molecule has 1 aliphatic rings. The molecule has 3 N–H and O–H groups in total. The molecule has 0 spiro atoms. The summed E-state index contributed by atoms with van der Waals surface area (Å²) in [5.74, 6) is 0. The number of hydrogen-bond donors (Lipinski definition) is 2. The maximum absolute atomic E-state index is 13.1. The molecular formula is C24H25N5O2S. The SMILES string of the molecule is Nc1cnc2c(ccn2S(=O)(=O)c2ccccc2)c1NC1CCN(Cc2ccccc2)C1. The minimum absolute atomic E-state index is 0.220. The number of rotatable bonds is 6. The van der Waals surface area contributed by atoms with E-state index in [0.29, 0.717) is 16.7 Å². The number of anilines is 2. The molecule has 1 aliphatic heterocycles. The summed E-state index contributed by atoms with van der Waals surface area (Å²) < 4.78 is 27.5. The van der Waals surface area contributed by atoms with E-state index in [-0.39, 0.29) is 10.9 Å². The third-order valence-electron chi connectivity index (χ3n) is 5.88. The van der Waals surface area contributed by atoms with Crippen LogP contribution < -0.4 is 11.1 Å². The summed E-state index contributed by atoms with van der Waals surface area (Å²) in [4.78, 5) is 6.98. The molecule has 1 unspecified atom stereocenters. The van der Waals surface area contributed by atoms with Crippen LogP contribution in [0.1, 0.15) is 12.0 Å². The van der Waals surface area contributed by atoms with Crippen LogP contribution in [0.3, 0.4) is 0 Å². The van der Waals surface area contributed by atoms with E-state index in [2.05, 4.69) is 39.5 Å². The fourth-order valence-electron chi connectivity index (χ4n) is 4.28. The molecule has 1 atom stereocenters. The first-order chi connectivity index (χ1) is 15.5. The van der Waals surface area contributed by atoms with Crippen LogP contribution in [0, 0.1) is 0 Å². The number of pyridine rings is 1. The van der Waals surface area contributed by atoms with Gasteiger partial charge in [-0.25, -0.2) is 17.4 Å². The van der Waals surface area contributed by atoms with E-state index in [0.717, 1.165) is 31.7 Å². The van der Waals surface area contributed by atoms with Crippen LogP contribution in [0.5, 0.6) is 0 Å². The summed E-state index contributed by atoms with van der Waals surface area (Å²) >= 11 is 0. The van der Waals surface area contributed by atoms with Crippen molar-refractivity contribution in [2.45, 2.75) is 23.9 Å². The Labute approximate surface area is 187 Å². The summed E-state index contributed by atoms with van der Waals surface area (Å²) in [5.41, 5.74) is 9.16. The summed E-state index contributed by atoms with van der Waals surface area (Å²) in [7, 11) is -3.75. The van der Waals surface area contributed by atoms with Crippen LogP contribution in [0.25, 0.3) is 11.0 Å². The van der Waals surface area contributed by atoms with Crippen molar-refractivity contribution in [1.29, 1.82) is 0 Å². The normalized spacial score (nSPS) is 17.1. The summed E-state index contributed by atoms with van der Waals surface area (Å²) in [6, 6.07) is 20.8. The van der Waals surface area contributed by atoms with E-state index < -0.39 is 10.0 Å². The van der Waals surface area contributed by atoms with Crippen LogP contribution in [0.4, 0.5) is 11.4 Å². The molecular weight excluding hydrogens is 422 g/mol. The van der Waals surface area contributed by atoms with Gasteiger partial charge < -0.3 is 11.1 Å². The number of nitrogens with one attached hydrogen (secondary N) is 1. The molecule has 4 aromatic rings. The molecule has 1 saturated heterocycles. The Morgan fingerprint density at radius 2 is 1.75 bits per heavy atom. The molecule has 2 aromatic carbocycles. The third-order valence-corrected chi connectivity index (χ3v) is 7.56. The van der Waals surface area contributed by atoms with Gasteiger partial charge in [-0.05, 0) is 30.2 Å². The first kappa shape index (κ1) is 20.5. The Morgan fingerprint density at radius 1 is 1.03 bits per heavy atom. The minimum Gasteiger partial charge on any atom is -0.396 e. The van der Waals surface area contributed by atoms with Crippen molar-refractivity contribution in [3.8, 4) is 0 Å². The van der Waals surface area contributed by atoms with E-state index in [4.69, 9.17) is 5.73 Å². The fourth-order valence-corrected chi connectivity index (χ4v) is 5.60. The highest BCUT2D eigenvalue weighted by molar-refractivity contribution is 7.90. The maximum Gasteiger partial charge on any atom is 0.269 e. The topological polar surface area (TPSA) is 93.2 Å². The van der Waals surface area contributed by atoms with E-state index in [1.807, 2.05) is 6.07 Å². The highest BCUT2D eigenvalue weighted by Gasteiger charge is 2.25.